The highest BCUT2D eigenvalue weighted by molar-refractivity contribution is 5.06. The Balaban J connectivity index is 2.87. The average Bonchev–Trinajstić information content (AvgIpc) is 1.48. The molecule has 0 aromatic rings. The van der Waals surface area contributed by atoms with Crippen molar-refractivity contribution in [2.24, 2.45) is 11.3 Å². The summed E-state index contributed by atoms with van der Waals surface area (Å²) in [4.78, 5) is 0. The molecule has 0 radical (unpaired) electrons. The molecule has 1 aliphatic rings. The number of hydrogen-bond acceptors (Lipinski definition) is 1. The maximum Gasteiger partial charge on any atom is 0.0694 e. The molecule has 1 nitrogen and oxygen atoms in total. The first kappa shape index (κ1) is 10.0. The Morgan fingerprint density at radius 3 is 1.33 bits per heavy atom. The molecular weight excluding hydrogens is 148 g/mol. The lowest BCUT2D eigenvalue weighted by molar-refractivity contribution is -0.320. The number of ether oxygens (including phenoxy) is 1. The Labute approximate surface area is 76.5 Å². The summed E-state index contributed by atoms with van der Waals surface area (Å²) < 4.78 is 5.85. The van der Waals surface area contributed by atoms with Crippen LogP contribution in [0, 0.1) is 11.3 Å². The van der Waals surface area contributed by atoms with Gasteiger partial charge in [-0.05, 0) is 33.1 Å². The van der Waals surface area contributed by atoms with Crippen molar-refractivity contribution >= 4 is 0 Å². The fraction of sp³-hybridized carbons (Fsp3) is 1.00. The van der Waals surface area contributed by atoms with Gasteiger partial charge in [0.05, 0.1) is 11.2 Å². The molecule has 0 N–H and O–H groups in total. The van der Waals surface area contributed by atoms with Gasteiger partial charge >= 0.3 is 0 Å². The van der Waals surface area contributed by atoms with Crippen molar-refractivity contribution in [2.75, 3.05) is 0 Å². The van der Waals surface area contributed by atoms with E-state index in [0.29, 0.717) is 11.3 Å². The minimum absolute atomic E-state index is 0.0573. The average molecular weight is 170 g/mol. The zero-order valence-corrected chi connectivity index (χ0v) is 9.49. The Hall–Kier alpha value is -0.0400. The predicted molar refractivity (Wildman–Crippen MR) is 52.2 cm³/mol. The van der Waals surface area contributed by atoms with Gasteiger partial charge in [-0.1, -0.05) is 20.8 Å². The number of hydrogen-bond donors (Lipinski definition) is 0. The Bertz CT molecular complexity index is 155. The first-order valence-electron chi connectivity index (χ1n) is 4.77. The summed E-state index contributed by atoms with van der Waals surface area (Å²) in [6.45, 7) is 15.6. The molecule has 0 amide bonds. The van der Waals surface area contributed by atoms with Gasteiger partial charge in [-0.2, -0.15) is 0 Å². The van der Waals surface area contributed by atoms with Gasteiger partial charge in [-0.3, -0.25) is 0 Å². The van der Waals surface area contributed by atoms with Gasteiger partial charge in [-0.15, -0.1) is 0 Å². The zero-order valence-electron chi connectivity index (χ0n) is 9.49. The first-order valence-corrected chi connectivity index (χ1v) is 4.77. The number of rotatable bonds is 0. The molecule has 0 aliphatic carbocycles. The Morgan fingerprint density at radius 1 is 0.917 bits per heavy atom. The van der Waals surface area contributed by atoms with Crippen LogP contribution in [0.1, 0.15) is 48.5 Å². The van der Waals surface area contributed by atoms with Crippen LogP contribution in [0.2, 0.25) is 0 Å². The highest BCUT2D eigenvalue weighted by Gasteiger charge is 2.58. The largest absolute Gasteiger partial charge is 0.369 e. The third-order valence-corrected chi connectivity index (χ3v) is 2.78. The van der Waals surface area contributed by atoms with Crippen LogP contribution in [0.15, 0.2) is 0 Å². The molecule has 0 aromatic heterocycles. The van der Waals surface area contributed by atoms with E-state index in [-0.39, 0.29) is 11.2 Å². The van der Waals surface area contributed by atoms with E-state index < -0.39 is 0 Å². The lowest BCUT2D eigenvalue weighted by Gasteiger charge is -2.62. The topological polar surface area (TPSA) is 9.23 Å². The molecule has 1 heteroatoms. The van der Waals surface area contributed by atoms with Gasteiger partial charge in [0.25, 0.3) is 0 Å². The smallest absolute Gasteiger partial charge is 0.0694 e. The van der Waals surface area contributed by atoms with E-state index in [4.69, 9.17) is 4.74 Å². The van der Waals surface area contributed by atoms with Crippen LogP contribution in [0.4, 0.5) is 0 Å². The van der Waals surface area contributed by atoms with Crippen LogP contribution in [-0.4, -0.2) is 11.2 Å². The van der Waals surface area contributed by atoms with Crippen LogP contribution >= 0.6 is 0 Å². The van der Waals surface area contributed by atoms with Crippen molar-refractivity contribution in [3.05, 3.63) is 0 Å². The van der Waals surface area contributed by atoms with Crippen LogP contribution in [0.25, 0.3) is 0 Å². The lowest BCUT2D eigenvalue weighted by atomic mass is 9.60. The van der Waals surface area contributed by atoms with E-state index in [1.807, 2.05) is 0 Å². The first-order chi connectivity index (χ1) is 5.07. The molecule has 0 unspecified atom stereocenters. The van der Waals surface area contributed by atoms with Gasteiger partial charge in [0.2, 0.25) is 0 Å². The van der Waals surface area contributed by atoms with Gasteiger partial charge in [0.1, 0.15) is 0 Å². The highest BCUT2D eigenvalue weighted by Crippen LogP contribution is 2.54. The maximum atomic E-state index is 5.85. The summed E-state index contributed by atoms with van der Waals surface area (Å²) >= 11 is 0. The van der Waals surface area contributed by atoms with Crippen molar-refractivity contribution in [3.63, 3.8) is 0 Å². The van der Waals surface area contributed by atoms with Crippen molar-refractivity contribution in [1.29, 1.82) is 0 Å². The second-order valence-electron chi connectivity index (χ2n) is 6.11. The third kappa shape index (κ3) is 1.39. The quantitative estimate of drug-likeness (QED) is 0.542. The molecule has 1 saturated heterocycles. The van der Waals surface area contributed by atoms with Gasteiger partial charge in [0, 0.05) is 5.92 Å². The summed E-state index contributed by atoms with van der Waals surface area (Å²) in [6, 6.07) is 0. The minimum atomic E-state index is 0.0573. The van der Waals surface area contributed by atoms with E-state index in [1.165, 1.54) is 0 Å². The predicted octanol–water partition coefficient (Wildman–Crippen LogP) is 3.24. The molecule has 1 fully saturated rings. The summed E-state index contributed by atoms with van der Waals surface area (Å²) in [6.07, 6.45) is 0. The molecule has 1 aliphatic heterocycles. The molecule has 0 atom stereocenters. The second kappa shape index (κ2) is 2.25. The molecule has 0 bridgehead atoms. The van der Waals surface area contributed by atoms with Gasteiger partial charge < -0.3 is 4.74 Å². The van der Waals surface area contributed by atoms with Crippen molar-refractivity contribution < 1.29 is 4.74 Å². The molecule has 1 heterocycles. The SMILES string of the molecule is CC(C)(C)C1C(C)(C)OC1(C)C. The molecule has 0 saturated carbocycles. The van der Waals surface area contributed by atoms with Crippen molar-refractivity contribution in [2.45, 2.75) is 59.7 Å². The molecule has 1 rings (SSSR count). The zero-order chi connectivity index (χ0) is 9.78. The standard InChI is InChI=1S/C11H22O/c1-9(2,3)8-10(4,5)12-11(8,6)7/h8H,1-7H3. The van der Waals surface area contributed by atoms with Gasteiger partial charge in [-0.25, -0.2) is 0 Å². The van der Waals surface area contributed by atoms with Gasteiger partial charge in [0.15, 0.2) is 0 Å². The van der Waals surface area contributed by atoms with E-state index in [2.05, 4.69) is 48.5 Å². The van der Waals surface area contributed by atoms with Crippen molar-refractivity contribution in [3.8, 4) is 0 Å². The van der Waals surface area contributed by atoms with Crippen LogP contribution in [0.5, 0.6) is 0 Å². The summed E-state index contributed by atoms with van der Waals surface area (Å²) in [5.41, 5.74) is 0.453. The molecule has 0 aromatic carbocycles. The monoisotopic (exact) mass is 170 g/mol. The molecule has 72 valence electrons. The summed E-state index contributed by atoms with van der Waals surface area (Å²) in [5, 5.41) is 0. The molecule has 12 heavy (non-hydrogen) atoms. The molecular formula is C11H22O. The summed E-state index contributed by atoms with van der Waals surface area (Å²) in [7, 11) is 0. The van der Waals surface area contributed by atoms with E-state index in [9.17, 15) is 0 Å². The lowest BCUT2D eigenvalue weighted by Crippen LogP contribution is -2.66. The Morgan fingerprint density at radius 2 is 1.25 bits per heavy atom. The van der Waals surface area contributed by atoms with E-state index in [0.717, 1.165) is 0 Å². The van der Waals surface area contributed by atoms with Crippen LogP contribution < -0.4 is 0 Å². The molecule has 0 spiro atoms. The van der Waals surface area contributed by atoms with Crippen LogP contribution in [-0.2, 0) is 4.74 Å². The van der Waals surface area contributed by atoms with E-state index >= 15 is 0 Å². The third-order valence-electron chi connectivity index (χ3n) is 2.78. The van der Waals surface area contributed by atoms with E-state index in [1.54, 1.807) is 0 Å². The minimum Gasteiger partial charge on any atom is -0.369 e. The maximum absolute atomic E-state index is 5.85. The van der Waals surface area contributed by atoms with Crippen molar-refractivity contribution in [1.82, 2.24) is 0 Å². The highest BCUT2D eigenvalue weighted by atomic mass is 16.6. The fourth-order valence-electron chi connectivity index (χ4n) is 3.66. The summed E-state index contributed by atoms with van der Waals surface area (Å²) in [5.74, 6) is 0.637. The second-order valence-corrected chi connectivity index (χ2v) is 6.11. The Kier molecular flexibility index (Phi) is 1.89. The fourth-order valence-corrected chi connectivity index (χ4v) is 3.66. The van der Waals surface area contributed by atoms with Crippen LogP contribution in [0.3, 0.4) is 0 Å². The normalized spacial score (nSPS) is 28.2.